The summed E-state index contributed by atoms with van der Waals surface area (Å²) in [5, 5.41) is 19.3. The topological polar surface area (TPSA) is 99.8 Å². The maximum Gasteiger partial charge on any atom is 0.267 e. The zero-order valence-electron chi connectivity index (χ0n) is 16.9. The number of nitrogens with one attached hydrogen (secondary N) is 2. The van der Waals surface area contributed by atoms with Crippen molar-refractivity contribution in [2.24, 2.45) is 0 Å². The van der Waals surface area contributed by atoms with Gasteiger partial charge in [-0.25, -0.2) is 4.68 Å². The zero-order valence-corrected chi connectivity index (χ0v) is 16.9. The lowest BCUT2D eigenvalue weighted by atomic mass is 10.1. The first-order chi connectivity index (χ1) is 14.4. The van der Waals surface area contributed by atoms with Crippen LogP contribution in [0.4, 0.5) is 11.5 Å². The van der Waals surface area contributed by atoms with Crippen LogP contribution in [-0.4, -0.2) is 21.6 Å². The molecule has 0 fully saturated rings. The van der Waals surface area contributed by atoms with Crippen LogP contribution in [0.25, 0.3) is 11.8 Å². The summed E-state index contributed by atoms with van der Waals surface area (Å²) in [6.45, 7) is 5.25. The first-order valence-electron chi connectivity index (χ1n) is 9.30. The molecule has 0 unspecified atom stereocenters. The number of anilines is 2. The fraction of sp³-hybridized carbons (Fsp3) is 0.130. The Morgan fingerprint density at radius 3 is 2.30 bits per heavy atom. The molecular formula is C23H21N5O2. The third-order valence-corrected chi connectivity index (χ3v) is 4.26. The summed E-state index contributed by atoms with van der Waals surface area (Å²) in [5.74, 6) is -0.226. The Morgan fingerprint density at radius 1 is 1.03 bits per heavy atom. The molecular weight excluding hydrogens is 378 g/mol. The van der Waals surface area contributed by atoms with Gasteiger partial charge in [0.25, 0.3) is 5.91 Å². The molecule has 0 aliphatic heterocycles. The minimum Gasteiger partial charge on any atom is -0.326 e. The zero-order chi connectivity index (χ0) is 21.7. The Bertz CT molecular complexity index is 1150. The van der Waals surface area contributed by atoms with Crippen molar-refractivity contribution in [1.29, 1.82) is 5.26 Å². The third kappa shape index (κ3) is 5.00. The molecule has 0 saturated heterocycles. The van der Waals surface area contributed by atoms with E-state index in [1.54, 1.807) is 35.0 Å². The summed E-state index contributed by atoms with van der Waals surface area (Å²) in [6, 6.07) is 18.3. The molecule has 2 aromatic carbocycles. The highest BCUT2D eigenvalue weighted by molar-refractivity contribution is 6.09. The molecule has 1 aromatic heterocycles. The SMILES string of the molecule is CC(=O)Nc1ccc(/C=C(\C#N)C(=O)Nc2cc(C)nn2-c2ccc(C)cc2)cc1. The van der Waals surface area contributed by atoms with Crippen LogP contribution in [0.3, 0.4) is 0 Å². The molecule has 7 nitrogen and oxygen atoms in total. The molecule has 0 spiro atoms. The van der Waals surface area contributed by atoms with Crippen LogP contribution in [0, 0.1) is 25.2 Å². The van der Waals surface area contributed by atoms with Crippen LogP contribution >= 0.6 is 0 Å². The Labute approximate surface area is 174 Å². The number of nitrogens with zero attached hydrogens (tertiary/aromatic N) is 3. The first-order valence-corrected chi connectivity index (χ1v) is 9.30. The van der Waals surface area contributed by atoms with Crippen molar-refractivity contribution < 1.29 is 9.59 Å². The molecule has 3 rings (SSSR count). The van der Waals surface area contributed by atoms with E-state index < -0.39 is 5.91 Å². The molecule has 7 heteroatoms. The van der Waals surface area contributed by atoms with Crippen LogP contribution in [0.1, 0.15) is 23.7 Å². The number of amides is 2. The Hall–Kier alpha value is -4.18. The molecule has 1 heterocycles. The van der Waals surface area contributed by atoms with Crippen molar-refractivity contribution in [3.05, 3.63) is 77.0 Å². The van der Waals surface area contributed by atoms with Gasteiger partial charge in [-0.05, 0) is 49.8 Å². The van der Waals surface area contributed by atoms with E-state index in [0.29, 0.717) is 17.1 Å². The summed E-state index contributed by atoms with van der Waals surface area (Å²) in [6.07, 6.45) is 1.49. The van der Waals surface area contributed by atoms with Crippen LogP contribution in [0.5, 0.6) is 0 Å². The molecule has 2 amide bonds. The molecule has 0 radical (unpaired) electrons. The number of carbonyl (C=O) groups excluding carboxylic acids is 2. The predicted molar refractivity (Wildman–Crippen MR) is 116 cm³/mol. The van der Waals surface area contributed by atoms with Gasteiger partial charge in [0.2, 0.25) is 5.91 Å². The average molecular weight is 399 g/mol. The van der Waals surface area contributed by atoms with Crippen molar-refractivity contribution in [1.82, 2.24) is 9.78 Å². The molecule has 2 N–H and O–H groups in total. The molecule has 0 aliphatic carbocycles. The largest absolute Gasteiger partial charge is 0.326 e. The van der Waals surface area contributed by atoms with E-state index >= 15 is 0 Å². The fourth-order valence-corrected chi connectivity index (χ4v) is 2.84. The number of rotatable bonds is 5. The molecule has 0 atom stereocenters. The van der Waals surface area contributed by atoms with Crippen LogP contribution in [0.2, 0.25) is 0 Å². The Balaban J connectivity index is 1.82. The Morgan fingerprint density at radius 2 is 1.70 bits per heavy atom. The second-order valence-electron chi connectivity index (χ2n) is 6.85. The normalized spacial score (nSPS) is 10.9. The van der Waals surface area contributed by atoms with Gasteiger partial charge in [0.1, 0.15) is 17.5 Å². The van der Waals surface area contributed by atoms with E-state index in [9.17, 15) is 14.9 Å². The minimum absolute atomic E-state index is 0.0448. The highest BCUT2D eigenvalue weighted by atomic mass is 16.2. The lowest BCUT2D eigenvalue weighted by Crippen LogP contribution is -2.16. The van der Waals surface area contributed by atoms with Crippen LogP contribution in [0.15, 0.2) is 60.2 Å². The number of aromatic nitrogens is 2. The number of aryl methyl sites for hydroxylation is 2. The quantitative estimate of drug-likeness (QED) is 0.500. The van der Waals surface area contributed by atoms with Gasteiger partial charge in [0.05, 0.1) is 11.4 Å². The van der Waals surface area contributed by atoms with Gasteiger partial charge in [-0.1, -0.05) is 29.8 Å². The van der Waals surface area contributed by atoms with Gasteiger partial charge in [-0.3, -0.25) is 9.59 Å². The second kappa shape index (κ2) is 8.88. The number of carbonyl (C=O) groups is 2. The predicted octanol–water partition coefficient (Wildman–Crippen LogP) is 3.99. The van der Waals surface area contributed by atoms with Crippen LogP contribution < -0.4 is 10.6 Å². The van der Waals surface area contributed by atoms with E-state index in [1.165, 1.54) is 13.0 Å². The van der Waals surface area contributed by atoms with E-state index in [-0.39, 0.29) is 11.5 Å². The van der Waals surface area contributed by atoms with Crippen molar-refractivity contribution in [2.45, 2.75) is 20.8 Å². The highest BCUT2D eigenvalue weighted by Crippen LogP contribution is 2.19. The smallest absolute Gasteiger partial charge is 0.267 e. The number of hydrogen-bond acceptors (Lipinski definition) is 4. The second-order valence-corrected chi connectivity index (χ2v) is 6.85. The monoisotopic (exact) mass is 399 g/mol. The molecule has 0 aliphatic rings. The van der Waals surface area contributed by atoms with Crippen molar-refractivity contribution in [3.63, 3.8) is 0 Å². The maximum atomic E-state index is 12.7. The number of nitriles is 1. The van der Waals surface area contributed by atoms with Gasteiger partial charge in [0.15, 0.2) is 0 Å². The van der Waals surface area contributed by atoms with Crippen molar-refractivity contribution >= 4 is 29.4 Å². The van der Waals surface area contributed by atoms with E-state index in [2.05, 4.69) is 15.7 Å². The maximum absolute atomic E-state index is 12.7. The summed E-state index contributed by atoms with van der Waals surface area (Å²) in [7, 11) is 0. The van der Waals surface area contributed by atoms with E-state index in [4.69, 9.17) is 0 Å². The molecule has 30 heavy (non-hydrogen) atoms. The third-order valence-electron chi connectivity index (χ3n) is 4.26. The lowest BCUT2D eigenvalue weighted by molar-refractivity contribution is -0.114. The summed E-state index contributed by atoms with van der Waals surface area (Å²) in [4.78, 5) is 23.8. The fourth-order valence-electron chi connectivity index (χ4n) is 2.84. The summed E-state index contributed by atoms with van der Waals surface area (Å²) < 4.78 is 1.63. The lowest BCUT2D eigenvalue weighted by Gasteiger charge is -2.09. The van der Waals surface area contributed by atoms with Gasteiger partial charge >= 0.3 is 0 Å². The number of hydrogen-bond donors (Lipinski definition) is 2. The van der Waals surface area contributed by atoms with Crippen LogP contribution in [-0.2, 0) is 9.59 Å². The molecule has 0 bridgehead atoms. The molecule has 3 aromatic rings. The molecule has 0 saturated carbocycles. The highest BCUT2D eigenvalue weighted by Gasteiger charge is 2.14. The van der Waals surface area contributed by atoms with E-state index in [1.807, 2.05) is 44.2 Å². The van der Waals surface area contributed by atoms with Crippen molar-refractivity contribution in [2.75, 3.05) is 10.6 Å². The summed E-state index contributed by atoms with van der Waals surface area (Å²) in [5.41, 5.74) is 3.92. The van der Waals surface area contributed by atoms with Gasteiger partial charge in [-0.15, -0.1) is 0 Å². The summed E-state index contributed by atoms with van der Waals surface area (Å²) >= 11 is 0. The van der Waals surface area contributed by atoms with Gasteiger partial charge < -0.3 is 10.6 Å². The average Bonchev–Trinajstić information content (AvgIpc) is 3.07. The number of benzene rings is 2. The Kier molecular flexibility index (Phi) is 6.08. The first kappa shape index (κ1) is 20.6. The van der Waals surface area contributed by atoms with Gasteiger partial charge in [-0.2, -0.15) is 10.4 Å². The van der Waals surface area contributed by atoms with E-state index in [0.717, 1.165) is 16.9 Å². The van der Waals surface area contributed by atoms with Crippen molar-refractivity contribution in [3.8, 4) is 11.8 Å². The molecule has 150 valence electrons. The minimum atomic E-state index is -0.531. The standard InChI is InChI=1S/C23H21N5O2/c1-15-4-10-21(11-5-15)28-22(12-16(2)27-28)26-23(30)19(14-24)13-18-6-8-20(9-7-18)25-17(3)29/h4-13H,1-3H3,(H,25,29)(H,26,30)/b19-13+. The van der Waals surface area contributed by atoms with Gasteiger partial charge in [0, 0.05) is 18.7 Å².